The van der Waals surface area contributed by atoms with Gasteiger partial charge in [0.1, 0.15) is 0 Å². The summed E-state index contributed by atoms with van der Waals surface area (Å²) >= 11 is 5.62. The van der Waals surface area contributed by atoms with Gasteiger partial charge in [-0.2, -0.15) is 0 Å². The van der Waals surface area contributed by atoms with Gasteiger partial charge in [0.25, 0.3) is 0 Å². The molecule has 0 saturated heterocycles. The molecule has 66 valence electrons. The average molecular weight is 181 g/mol. The Kier molecular flexibility index (Phi) is 3.83. The first-order chi connectivity index (χ1) is 4.95. The highest BCUT2D eigenvalue weighted by molar-refractivity contribution is 6.17. The van der Waals surface area contributed by atoms with Gasteiger partial charge in [0.15, 0.2) is 12.0 Å². The summed E-state index contributed by atoms with van der Waals surface area (Å²) in [5.74, 6) is -0.779. The summed E-state index contributed by atoms with van der Waals surface area (Å²) in [6.07, 6.45) is 0.606. The number of nitrogens with zero attached hydrogens (tertiary/aromatic N) is 1. The molecule has 0 aliphatic heterocycles. The third-order valence-electron chi connectivity index (χ3n) is 1.82. The van der Waals surface area contributed by atoms with Gasteiger partial charge in [0, 0.05) is 6.42 Å². The standard InChI is InChI=1S/C7H14ClNO2/c1-4-6(7(10)11)9(2,3)5-8/h6H,4-5H2,1-3H3/p+1. The van der Waals surface area contributed by atoms with E-state index >= 15 is 0 Å². The van der Waals surface area contributed by atoms with Crippen molar-refractivity contribution in [3.63, 3.8) is 0 Å². The van der Waals surface area contributed by atoms with Gasteiger partial charge in [-0.1, -0.05) is 18.5 Å². The van der Waals surface area contributed by atoms with Crippen molar-refractivity contribution in [3.05, 3.63) is 0 Å². The molecule has 0 bridgehead atoms. The summed E-state index contributed by atoms with van der Waals surface area (Å²) < 4.78 is 0.327. The molecule has 3 nitrogen and oxygen atoms in total. The van der Waals surface area contributed by atoms with Crippen LogP contribution in [0.3, 0.4) is 0 Å². The van der Waals surface area contributed by atoms with Crippen LogP contribution in [0, 0.1) is 0 Å². The molecule has 0 radical (unpaired) electrons. The van der Waals surface area contributed by atoms with Gasteiger partial charge in [-0.15, -0.1) is 0 Å². The van der Waals surface area contributed by atoms with Crippen LogP contribution in [0.25, 0.3) is 0 Å². The van der Waals surface area contributed by atoms with Crippen molar-refractivity contribution in [3.8, 4) is 0 Å². The van der Waals surface area contributed by atoms with Crippen LogP contribution in [-0.4, -0.2) is 41.7 Å². The topological polar surface area (TPSA) is 37.3 Å². The van der Waals surface area contributed by atoms with Crippen molar-refractivity contribution in [2.24, 2.45) is 0 Å². The van der Waals surface area contributed by atoms with Crippen molar-refractivity contribution in [1.29, 1.82) is 0 Å². The fourth-order valence-electron chi connectivity index (χ4n) is 1.05. The molecule has 0 aliphatic rings. The average Bonchev–Trinajstić information content (AvgIpc) is 1.88. The maximum Gasteiger partial charge on any atom is 0.362 e. The molecule has 0 aromatic carbocycles. The summed E-state index contributed by atoms with van der Waals surface area (Å²) in [4.78, 5) is 10.7. The third-order valence-corrected chi connectivity index (χ3v) is 2.44. The van der Waals surface area contributed by atoms with Crippen LogP contribution in [0.15, 0.2) is 0 Å². The lowest BCUT2D eigenvalue weighted by Crippen LogP contribution is -2.51. The van der Waals surface area contributed by atoms with Crippen LogP contribution < -0.4 is 0 Å². The predicted octanol–water partition coefficient (Wildman–Crippen LogP) is 1.12. The summed E-state index contributed by atoms with van der Waals surface area (Å²) in [6, 6.07) is -0.0716. The maximum absolute atomic E-state index is 10.7. The SMILES string of the molecule is CCC(C(=O)O)[N+](C)(C)CCl. The Hall–Kier alpha value is -0.280. The van der Waals surface area contributed by atoms with Gasteiger partial charge in [-0.3, -0.25) is 0 Å². The molecular formula is C7H15ClNO2+. The van der Waals surface area contributed by atoms with E-state index in [2.05, 4.69) is 0 Å². The molecule has 0 amide bonds. The Morgan fingerprint density at radius 1 is 1.64 bits per heavy atom. The van der Waals surface area contributed by atoms with E-state index in [1.54, 1.807) is 0 Å². The van der Waals surface area contributed by atoms with Crippen molar-refractivity contribution < 1.29 is 14.4 Å². The monoisotopic (exact) mass is 180 g/mol. The summed E-state index contributed by atoms with van der Waals surface area (Å²) in [5, 5.41) is 8.77. The minimum Gasteiger partial charge on any atom is -0.477 e. The molecule has 0 aromatic rings. The van der Waals surface area contributed by atoms with E-state index < -0.39 is 12.0 Å². The highest BCUT2D eigenvalue weighted by Crippen LogP contribution is 2.11. The predicted molar refractivity (Wildman–Crippen MR) is 44.5 cm³/mol. The normalized spacial score (nSPS) is 14.5. The zero-order valence-corrected chi connectivity index (χ0v) is 7.93. The molecule has 0 rings (SSSR count). The summed E-state index contributed by atoms with van der Waals surface area (Å²) in [6.45, 7) is 1.85. The Balaban J connectivity index is 4.36. The van der Waals surface area contributed by atoms with Gasteiger partial charge in [-0.25, -0.2) is 4.79 Å². The number of rotatable bonds is 4. The molecule has 1 N–H and O–H groups in total. The summed E-state index contributed by atoms with van der Waals surface area (Å²) in [7, 11) is 3.63. The highest BCUT2D eigenvalue weighted by atomic mass is 35.5. The molecular weight excluding hydrogens is 166 g/mol. The fourth-order valence-corrected chi connectivity index (χ4v) is 1.22. The van der Waals surface area contributed by atoms with E-state index in [1.165, 1.54) is 0 Å². The Morgan fingerprint density at radius 2 is 2.09 bits per heavy atom. The smallest absolute Gasteiger partial charge is 0.362 e. The molecule has 0 aromatic heterocycles. The Morgan fingerprint density at radius 3 is 2.18 bits per heavy atom. The van der Waals surface area contributed by atoms with Crippen molar-refractivity contribution >= 4 is 17.6 Å². The molecule has 1 atom stereocenters. The zero-order chi connectivity index (χ0) is 9.07. The molecule has 4 heteroatoms. The second-order valence-electron chi connectivity index (χ2n) is 3.16. The molecule has 1 unspecified atom stereocenters. The number of alkyl halides is 1. The van der Waals surface area contributed by atoms with Crippen molar-refractivity contribution in [2.45, 2.75) is 19.4 Å². The van der Waals surface area contributed by atoms with Crippen LogP contribution in [-0.2, 0) is 4.79 Å². The van der Waals surface area contributed by atoms with Gasteiger partial charge < -0.3 is 9.59 Å². The maximum atomic E-state index is 10.7. The van der Waals surface area contributed by atoms with Crippen LogP contribution in [0.2, 0.25) is 0 Å². The van der Waals surface area contributed by atoms with Crippen LogP contribution in [0.4, 0.5) is 0 Å². The van der Waals surface area contributed by atoms with E-state index in [0.717, 1.165) is 0 Å². The molecule has 11 heavy (non-hydrogen) atoms. The number of carbonyl (C=O) groups is 1. The number of likely N-dealkylation sites (N-methyl/N-ethyl adjacent to an activating group) is 1. The van der Waals surface area contributed by atoms with E-state index in [-0.39, 0.29) is 0 Å². The van der Waals surface area contributed by atoms with Gasteiger partial charge >= 0.3 is 5.97 Å². The fraction of sp³-hybridized carbons (Fsp3) is 0.857. The number of carboxylic acid groups (broad SMARTS) is 1. The summed E-state index contributed by atoms with van der Waals surface area (Å²) in [5.41, 5.74) is 0. The first-order valence-corrected chi connectivity index (χ1v) is 4.10. The number of hydrogen-bond donors (Lipinski definition) is 1. The Bertz CT molecular complexity index is 147. The highest BCUT2D eigenvalue weighted by Gasteiger charge is 2.32. The van der Waals surface area contributed by atoms with Crippen LogP contribution in [0.1, 0.15) is 13.3 Å². The largest absolute Gasteiger partial charge is 0.477 e. The minimum atomic E-state index is -0.779. The van der Waals surface area contributed by atoms with Crippen LogP contribution >= 0.6 is 11.6 Å². The van der Waals surface area contributed by atoms with E-state index in [0.29, 0.717) is 16.9 Å². The second-order valence-corrected chi connectivity index (χ2v) is 3.40. The lowest BCUT2D eigenvalue weighted by atomic mass is 10.2. The molecule has 0 aliphatic carbocycles. The molecule has 0 saturated carbocycles. The number of hydrogen-bond acceptors (Lipinski definition) is 1. The number of aliphatic carboxylic acids is 1. The third kappa shape index (κ3) is 2.67. The van der Waals surface area contributed by atoms with E-state index in [4.69, 9.17) is 16.7 Å². The number of carboxylic acids is 1. The number of halogens is 1. The lowest BCUT2D eigenvalue weighted by molar-refractivity contribution is -0.896. The lowest BCUT2D eigenvalue weighted by Gasteiger charge is -2.32. The number of quaternary nitrogens is 1. The van der Waals surface area contributed by atoms with Crippen molar-refractivity contribution in [2.75, 3.05) is 20.1 Å². The minimum absolute atomic E-state index is 0.324. The first kappa shape index (κ1) is 10.7. The van der Waals surface area contributed by atoms with Gasteiger partial charge in [0.2, 0.25) is 0 Å². The molecule has 0 fully saturated rings. The molecule has 0 spiro atoms. The van der Waals surface area contributed by atoms with E-state index in [9.17, 15) is 4.79 Å². The zero-order valence-electron chi connectivity index (χ0n) is 7.17. The van der Waals surface area contributed by atoms with E-state index in [1.807, 2.05) is 21.0 Å². The quantitative estimate of drug-likeness (QED) is 0.400. The van der Waals surface area contributed by atoms with Crippen LogP contribution in [0.5, 0.6) is 0 Å². The molecule has 0 heterocycles. The van der Waals surface area contributed by atoms with Gasteiger partial charge in [-0.05, 0) is 0 Å². The Labute approximate surface area is 72.2 Å². The van der Waals surface area contributed by atoms with Crippen molar-refractivity contribution in [1.82, 2.24) is 0 Å². The second kappa shape index (κ2) is 3.93. The first-order valence-electron chi connectivity index (χ1n) is 3.57. The van der Waals surface area contributed by atoms with Gasteiger partial charge in [0.05, 0.1) is 14.1 Å².